The molecule has 1 aromatic heterocycles. The monoisotopic (exact) mass is 356 g/mol. The van der Waals surface area contributed by atoms with Crippen LogP contribution in [0.2, 0.25) is 0 Å². The minimum Gasteiger partial charge on any atom is -0.466 e. The zero-order valence-corrected chi connectivity index (χ0v) is 15.1. The third-order valence-corrected chi connectivity index (χ3v) is 4.57. The number of nitrogens with one attached hydrogen (secondary N) is 3. The second-order valence-electron chi connectivity index (χ2n) is 6.35. The van der Waals surface area contributed by atoms with Crippen LogP contribution in [0.25, 0.3) is 0 Å². The zero-order valence-electron chi connectivity index (χ0n) is 15.1. The highest BCUT2D eigenvalue weighted by molar-refractivity contribution is 5.94. The number of benzene rings is 1. The molecule has 0 bridgehead atoms. The van der Waals surface area contributed by atoms with Crippen LogP contribution in [0.15, 0.2) is 24.3 Å². The van der Waals surface area contributed by atoms with Gasteiger partial charge in [-0.05, 0) is 25.0 Å². The molecule has 1 amide bonds. The van der Waals surface area contributed by atoms with Gasteiger partial charge in [-0.1, -0.05) is 24.3 Å². The summed E-state index contributed by atoms with van der Waals surface area (Å²) in [6.45, 7) is 5.51. The first-order valence-electron chi connectivity index (χ1n) is 8.89. The SMILES string of the molecule is CCOC(=O)CC(NC(=O)c1n[nH]c2c1CNCC2)c1ccccc1C. The second kappa shape index (κ2) is 8.14. The van der Waals surface area contributed by atoms with E-state index in [4.69, 9.17) is 4.74 Å². The van der Waals surface area contributed by atoms with Gasteiger partial charge in [-0.3, -0.25) is 14.7 Å². The van der Waals surface area contributed by atoms with Crippen LogP contribution in [0.3, 0.4) is 0 Å². The van der Waals surface area contributed by atoms with E-state index in [0.717, 1.165) is 35.3 Å². The summed E-state index contributed by atoms with van der Waals surface area (Å²) in [5, 5.41) is 13.4. The Kier molecular flexibility index (Phi) is 5.68. The number of amides is 1. The first kappa shape index (κ1) is 18.1. The Hall–Kier alpha value is -2.67. The van der Waals surface area contributed by atoms with Crippen molar-refractivity contribution in [2.24, 2.45) is 0 Å². The van der Waals surface area contributed by atoms with Gasteiger partial charge >= 0.3 is 5.97 Å². The zero-order chi connectivity index (χ0) is 18.5. The molecule has 7 nitrogen and oxygen atoms in total. The number of carbonyl (C=O) groups excluding carboxylic acids is 2. The molecular weight excluding hydrogens is 332 g/mol. The number of fused-ring (bicyclic) bond motifs is 1. The summed E-state index contributed by atoms with van der Waals surface area (Å²) in [4.78, 5) is 24.9. The van der Waals surface area contributed by atoms with Gasteiger partial charge in [0, 0.05) is 30.8 Å². The fourth-order valence-electron chi connectivity index (χ4n) is 3.24. The van der Waals surface area contributed by atoms with E-state index in [1.54, 1.807) is 6.92 Å². The summed E-state index contributed by atoms with van der Waals surface area (Å²) in [5.74, 6) is -0.629. The van der Waals surface area contributed by atoms with Crippen LogP contribution in [0, 0.1) is 6.92 Å². The van der Waals surface area contributed by atoms with Gasteiger partial charge < -0.3 is 15.4 Å². The Morgan fingerprint density at radius 2 is 2.15 bits per heavy atom. The predicted molar refractivity (Wildman–Crippen MR) is 96.6 cm³/mol. The lowest BCUT2D eigenvalue weighted by Gasteiger charge is -2.20. The highest BCUT2D eigenvalue weighted by atomic mass is 16.5. The number of ether oxygens (including phenoxy) is 1. The lowest BCUT2D eigenvalue weighted by Crippen LogP contribution is -2.33. The topological polar surface area (TPSA) is 96.1 Å². The van der Waals surface area contributed by atoms with Crippen molar-refractivity contribution in [1.29, 1.82) is 0 Å². The van der Waals surface area contributed by atoms with E-state index >= 15 is 0 Å². The Balaban J connectivity index is 1.83. The number of aromatic amines is 1. The third-order valence-electron chi connectivity index (χ3n) is 4.57. The Bertz CT molecular complexity index is 800. The molecule has 7 heteroatoms. The summed E-state index contributed by atoms with van der Waals surface area (Å²) >= 11 is 0. The molecule has 1 aliphatic rings. The minimum absolute atomic E-state index is 0.0787. The number of rotatable bonds is 6. The molecule has 0 radical (unpaired) electrons. The van der Waals surface area contributed by atoms with Crippen molar-refractivity contribution in [3.63, 3.8) is 0 Å². The molecule has 0 aliphatic carbocycles. The van der Waals surface area contributed by atoms with Crippen molar-refractivity contribution in [1.82, 2.24) is 20.8 Å². The van der Waals surface area contributed by atoms with Crippen LogP contribution in [0.4, 0.5) is 0 Å². The predicted octanol–water partition coefficient (Wildman–Crippen LogP) is 1.79. The number of aromatic nitrogens is 2. The van der Waals surface area contributed by atoms with Crippen molar-refractivity contribution in [2.75, 3.05) is 13.2 Å². The summed E-state index contributed by atoms with van der Waals surface area (Å²) in [6, 6.07) is 7.23. The van der Waals surface area contributed by atoms with E-state index in [0.29, 0.717) is 18.8 Å². The lowest BCUT2D eigenvalue weighted by molar-refractivity contribution is -0.143. The van der Waals surface area contributed by atoms with E-state index in [1.165, 1.54) is 0 Å². The van der Waals surface area contributed by atoms with Crippen molar-refractivity contribution >= 4 is 11.9 Å². The van der Waals surface area contributed by atoms with Crippen LogP contribution >= 0.6 is 0 Å². The smallest absolute Gasteiger partial charge is 0.308 e. The van der Waals surface area contributed by atoms with Crippen molar-refractivity contribution in [3.05, 3.63) is 52.3 Å². The molecule has 26 heavy (non-hydrogen) atoms. The van der Waals surface area contributed by atoms with Crippen LogP contribution in [-0.2, 0) is 22.5 Å². The molecule has 1 aliphatic heterocycles. The molecular formula is C19H24N4O3. The molecule has 0 fully saturated rings. The van der Waals surface area contributed by atoms with E-state index in [1.807, 2.05) is 31.2 Å². The molecule has 0 saturated carbocycles. The maximum Gasteiger partial charge on any atom is 0.308 e. The average molecular weight is 356 g/mol. The molecule has 0 spiro atoms. The maximum absolute atomic E-state index is 12.8. The first-order valence-corrected chi connectivity index (χ1v) is 8.89. The van der Waals surface area contributed by atoms with Gasteiger partial charge in [-0.25, -0.2) is 0 Å². The quantitative estimate of drug-likeness (QED) is 0.686. The van der Waals surface area contributed by atoms with E-state index in [-0.39, 0.29) is 18.3 Å². The number of nitrogens with zero attached hydrogens (tertiary/aromatic N) is 1. The number of H-pyrrole nitrogens is 1. The Morgan fingerprint density at radius 1 is 1.35 bits per heavy atom. The van der Waals surface area contributed by atoms with Crippen LogP contribution in [-0.4, -0.2) is 35.2 Å². The molecule has 1 unspecified atom stereocenters. The summed E-state index contributed by atoms with van der Waals surface area (Å²) in [6.07, 6.45) is 0.898. The number of hydrogen-bond donors (Lipinski definition) is 3. The van der Waals surface area contributed by atoms with Gasteiger partial charge in [0.2, 0.25) is 0 Å². The summed E-state index contributed by atoms with van der Waals surface area (Å²) in [7, 11) is 0. The fraction of sp³-hybridized carbons (Fsp3) is 0.421. The first-order chi connectivity index (χ1) is 12.6. The number of aryl methyl sites for hydroxylation is 1. The van der Waals surface area contributed by atoms with Crippen LogP contribution < -0.4 is 10.6 Å². The minimum atomic E-state index is -0.466. The third kappa shape index (κ3) is 3.94. The number of esters is 1. The van der Waals surface area contributed by atoms with Crippen LogP contribution in [0.5, 0.6) is 0 Å². The van der Waals surface area contributed by atoms with E-state index in [9.17, 15) is 9.59 Å². The van der Waals surface area contributed by atoms with Crippen molar-refractivity contribution < 1.29 is 14.3 Å². The highest BCUT2D eigenvalue weighted by Crippen LogP contribution is 2.23. The van der Waals surface area contributed by atoms with E-state index < -0.39 is 6.04 Å². The Morgan fingerprint density at radius 3 is 2.92 bits per heavy atom. The summed E-state index contributed by atoms with van der Waals surface area (Å²) < 4.78 is 5.07. The average Bonchev–Trinajstić information content (AvgIpc) is 3.06. The highest BCUT2D eigenvalue weighted by Gasteiger charge is 2.26. The molecule has 1 aromatic carbocycles. The summed E-state index contributed by atoms with van der Waals surface area (Å²) in [5.41, 5.74) is 4.18. The molecule has 2 heterocycles. The van der Waals surface area contributed by atoms with Gasteiger partial charge in [-0.2, -0.15) is 5.10 Å². The molecule has 138 valence electrons. The van der Waals surface area contributed by atoms with Gasteiger partial charge in [-0.15, -0.1) is 0 Å². The van der Waals surface area contributed by atoms with Crippen LogP contribution in [0.1, 0.15) is 52.3 Å². The largest absolute Gasteiger partial charge is 0.466 e. The molecule has 0 saturated heterocycles. The fourth-order valence-corrected chi connectivity index (χ4v) is 3.24. The molecule has 2 aromatic rings. The van der Waals surface area contributed by atoms with Gasteiger partial charge in [0.05, 0.1) is 19.1 Å². The van der Waals surface area contributed by atoms with Gasteiger partial charge in [0.15, 0.2) is 5.69 Å². The Labute approximate surface area is 152 Å². The maximum atomic E-state index is 12.8. The lowest BCUT2D eigenvalue weighted by atomic mass is 9.98. The number of hydrogen-bond acceptors (Lipinski definition) is 5. The van der Waals surface area contributed by atoms with Gasteiger partial charge in [0.25, 0.3) is 5.91 Å². The molecule has 3 N–H and O–H groups in total. The molecule has 3 rings (SSSR count). The number of carbonyl (C=O) groups is 2. The van der Waals surface area contributed by atoms with Crippen molar-refractivity contribution in [3.8, 4) is 0 Å². The molecule has 1 atom stereocenters. The normalized spacial score (nSPS) is 14.4. The standard InChI is InChI=1S/C19H24N4O3/c1-3-26-17(24)10-16(13-7-5-4-6-12(13)2)21-19(25)18-14-11-20-9-8-15(14)22-23-18/h4-7,16,20H,3,8-11H2,1-2H3,(H,21,25)(H,22,23). The second-order valence-corrected chi connectivity index (χ2v) is 6.35. The van der Waals surface area contributed by atoms with E-state index in [2.05, 4.69) is 20.8 Å². The van der Waals surface area contributed by atoms with Gasteiger partial charge in [0.1, 0.15) is 0 Å². The van der Waals surface area contributed by atoms with Crippen molar-refractivity contribution in [2.45, 2.75) is 39.3 Å².